The summed E-state index contributed by atoms with van der Waals surface area (Å²) in [4.78, 5) is 28.0. The first-order chi connectivity index (χ1) is 12.6. The highest BCUT2D eigenvalue weighted by molar-refractivity contribution is 5.83. The monoisotopic (exact) mass is 373 g/mol. The van der Waals surface area contributed by atoms with E-state index in [1.54, 1.807) is 0 Å². The highest BCUT2D eigenvalue weighted by atomic mass is 16.6. The third-order valence-electron chi connectivity index (χ3n) is 4.09. The Labute approximate surface area is 159 Å². The van der Waals surface area contributed by atoms with Gasteiger partial charge in [0.15, 0.2) is 6.61 Å². The smallest absolute Gasteiger partial charge is 0.329 e. The molecule has 7 heteroatoms. The summed E-state index contributed by atoms with van der Waals surface area (Å²) in [6, 6.07) is 7.15. The van der Waals surface area contributed by atoms with Crippen molar-refractivity contribution >= 4 is 11.9 Å². The third kappa shape index (κ3) is 5.64. The number of benzene rings is 1. The molecule has 0 fully saturated rings. The average molecular weight is 373 g/mol. The summed E-state index contributed by atoms with van der Waals surface area (Å²) in [5.41, 5.74) is 1.56. The number of nitrogens with zero attached hydrogens (tertiary/aromatic N) is 2. The third-order valence-corrected chi connectivity index (χ3v) is 4.09. The molecule has 2 aromatic rings. The molecule has 0 aliphatic rings. The van der Waals surface area contributed by atoms with Crippen LogP contribution in [0.1, 0.15) is 58.9 Å². The number of amides is 1. The van der Waals surface area contributed by atoms with Crippen LogP contribution < -0.4 is 5.32 Å². The van der Waals surface area contributed by atoms with E-state index in [0.29, 0.717) is 11.7 Å². The molecular formula is C20H27N3O4. The molecule has 0 saturated heterocycles. The molecule has 0 aliphatic heterocycles. The van der Waals surface area contributed by atoms with Crippen molar-refractivity contribution in [3.63, 3.8) is 0 Å². The van der Waals surface area contributed by atoms with Gasteiger partial charge in [0.2, 0.25) is 11.7 Å². The van der Waals surface area contributed by atoms with E-state index >= 15 is 0 Å². The lowest BCUT2D eigenvalue weighted by Crippen LogP contribution is -2.49. The Morgan fingerprint density at radius 2 is 1.81 bits per heavy atom. The Bertz CT molecular complexity index is 788. The number of carbonyl (C=O) groups excluding carboxylic acids is 2. The van der Waals surface area contributed by atoms with Crippen LogP contribution in [0.25, 0.3) is 11.4 Å². The van der Waals surface area contributed by atoms with Crippen LogP contribution in [-0.4, -0.2) is 28.1 Å². The van der Waals surface area contributed by atoms with Gasteiger partial charge in [-0.2, -0.15) is 4.98 Å². The van der Waals surface area contributed by atoms with Gasteiger partial charge in [-0.3, -0.25) is 4.79 Å². The Morgan fingerprint density at radius 3 is 2.33 bits per heavy atom. The summed E-state index contributed by atoms with van der Waals surface area (Å²) in [7, 11) is 0. The van der Waals surface area contributed by atoms with Gasteiger partial charge in [-0.25, -0.2) is 4.79 Å². The lowest BCUT2D eigenvalue weighted by molar-refractivity contribution is -0.152. The second-order valence-electron chi connectivity index (χ2n) is 7.90. The van der Waals surface area contributed by atoms with Gasteiger partial charge in [0.25, 0.3) is 5.89 Å². The Morgan fingerprint density at radius 1 is 1.19 bits per heavy atom. The number of carbonyl (C=O) groups is 2. The molecule has 1 amide bonds. The molecule has 1 aromatic heterocycles. The second kappa shape index (κ2) is 8.33. The second-order valence-corrected chi connectivity index (χ2v) is 7.90. The van der Waals surface area contributed by atoms with Gasteiger partial charge in [-0.05, 0) is 16.9 Å². The summed E-state index contributed by atoms with van der Waals surface area (Å²) >= 11 is 0. The van der Waals surface area contributed by atoms with Crippen molar-refractivity contribution in [2.75, 3.05) is 0 Å². The Hall–Kier alpha value is -2.70. The Balaban J connectivity index is 2.02. The van der Waals surface area contributed by atoms with Gasteiger partial charge >= 0.3 is 5.97 Å². The van der Waals surface area contributed by atoms with Gasteiger partial charge in [0, 0.05) is 12.5 Å². The number of nitrogens with one attached hydrogen (secondary N) is 1. The van der Waals surface area contributed by atoms with E-state index in [1.807, 2.05) is 45.0 Å². The molecule has 1 heterocycles. The first-order valence-electron chi connectivity index (χ1n) is 8.94. The van der Waals surface area contributed by atoms with Gasteiger partial charge in [-0.15, -0.1) is 0 Å². The lowest BCUT2D eigenvalue weighted by atomic mass is 9.86. The zero-order chi connectivity index (χ0) is 20.2. The van der Waals surface area contributed by atoms with Gasteiger partial charge in [-0.1, -0.05) is 64.0 Å². The van der Waals surface area contributed by atoms with E-state index < -0.39 is 17.4 Å². The number of aromatic nitrogens is 2. The van der Waals surface area contributed by atoms with Gasteiger partial charge < -0.3 is 14.6 Å². The fourth-order valence-corrected chi connectivity index (χ4v) is 2.50. The summed E-state index contributed by atoms with van der Waals surface area (Å²) < 4.78 is 10.4. The molecule has 1 N–H and O–H groups in total. The number of esters is 1. The summed E-state index contributed by atoms with van der Waals surface area (Å²) in [5, 5.41) is 6.55. The van der Waals surface area contributed by atoms with Crippen molar-refractivity contribution in [1.82, 2.24) is 15.5 Å². The highest BCUT2D eigenvalue weighted by Crippen LogP contribution is 2.22. The molecule has 1 atom stereocenters. The molecule has 0 spiro atoms. The van der Waals surface area contributed by atoms with Crippen LogP contribution in [0.5, 0.6) is 0 Å². The maximum absolute atomic E-state index is 12.3. The van der Waals surface area contributed by atoms with Crippen LogP contribution in [0.4, 0.5) is 0 Å². The summed E-state index contributed by atoms with van der Waals surface area (Å²) in [6.45, 7) is 11.0. The molecule has 1 aromatic carbocycles. The van der Waals surface area contributed by atoms with Crippen molar-refractivity contribution in [1.29, 1.82) is 0 Å². The van der Waals surface area contributed by atoms with E-state index in [1.165, 1.54) is 12.5 Å². The maximum atomic E-state index is 12.3. The predicted octanol–water partition coefficient (Wildman–Crippen LogP) is 3.45. The topological polar surface area (TPSA) is 94.3 Å². The molecule has 0 bridgehead atoms. The van der Waals surface area contributed by atoms with Crippen molar-refractivity contribution in [3.8, 4) is 11.4 Å². The van der Waals surface area contributed by atoms with E-state index in [-0.39, 0.29) is 18.4 Å². The van der Waals surface area contributed by atoms with Gasteiger partial charge in [0.05, 0.1) is 0 Å². The fraction of sp³-hybridized carbons (Fsp3) is 0.500. The number of rotatable bonds is 6. The minimum Gasteiger partial charge on any atom is -0.454 e. The molecule has 146 valence electrons. The number of hydrogen-bond donors (Lipinski definition) is 1. The van der Waals surface area contributed by atoms with E-state index in [9.17, 15) is 9.59 Å². The average Bonchev–Trinajstić information content (AvgIpc) is 3.05. The first kappa shape index (κ1) is 20.6. The normalized spacial score (nSPS) is 12.7. The van der Waals surface area contributed by atoms with Crippen LogP contribution >= 0.6 is 0 Å². The van der Waals surface area contributed by atoms with Crippen molar-refractivity contribution in [2.24, 2.45) is 5.41 Å². The number of hydrogen-bond acceptors (Lipinski definition) is 6. The van der Waals surface area contributed by atoms with Crippen molar-refractivity contribution in [2.45, 2.75) is 60.1 Å². The van der Waals surface area contributed by atoms with Crippen LogP contribution in [0.3, 0.4) is 0 Å². The van der Waals surface area contributed by atoms with Gasteiger partial charge in [0.1, 0.15) is 6.04 Å². The standard InChI is InChI=1S/C20H27N3O4/c1-12(2)14-7-9-15(10-8-14)18-22-16(27-23-18)11-26-19(25)17(20(4,5)6)21-13(3)24/h7-10,12,17H,11H2,1-6H3,(H,21,24)/t17-/m1/s1. The quantitative estimate of drug-likeness (QED) is 0.779. The van der Waals surface area contributed by atoms with Crippen molar-refractivity contribution < 1.29 is 18.8 Å². The van der Waals surface area contributed by atoms with Crippen LogP contribution in [0, 0.1) is 5.41 Å². The molecule has 2 rings (SSSR count). The highest BCUT2D eigenvalue weighted by Gasteiger charge is 2.33. The van der Waals surface area contributed by atoms with Crippen LogP contribution in [-0.2, 0) is 20.9 Å². The fourth-order valence-electron chi connectivity index (χ4n) is 2.50. The number of ether oxygens (including phenoxy) is 1. The minimum atomic E-state index is -0.763. The summed E-state index contributed by atoms with van der Waals surface area (Å²) in [5.74, 6) is 0.238. The molecule has 0 aliphatic carbocycles. The predicted molar refractivity (Wildman–Crippen MR) is 101 cm³/mol. The van der Waals surface area contributed by atoms with Crippen LogP contribution in [0.15, 0.2) is 28.8 Å². The molecule has 27 heavy (non-hydrogen) atoms. The zero-order valence-corrected chi connectivity index (χ0v) is 16.7. The Kier molecular flexibility index (Phi) is 6.36. The van der Waals surface area contributed by atoms with E-state index in [0.717, 1.165) is 5.56 Å². The maximum Gasteiger partial charge on any atom is 0.329 e. The molecule has 0 unspecified atom stereocenters. The SMILES string of the molecule is CC(=O)N[C@H](C(=O)OCc1nc(-c2ccc(C(C)C)cc2)no1)C(C)(C)C. The van der Waals surface area contributed by atoms with E-state index in [2.05, 4.69) is 29.3 Å². The first-order valence-corrected chi connectivity index (χ1v) is 8.94. The lowest BCUT2D eigenvalue weighted by Gasteiger charge is -2.28. The largest absolute Gasteiger partial charge is 0.454 e. The zero-order valence-electron chi connectivity index (χ0n) is 16.7. The molecular weight excluding hydrogens is 346 g/mol. The van der Waals surface area contributed by atoms with E-state index in [4.69, 9.17) is 9.26 Å². The molecule has 0 radical (unpaired) electrons. The minimum absolute atomic E-state index is 0.151. The summed E-state index contributed by atoms with van der Waals surface area (Å²) in [6.07, 6.45) is 0. The molecule has 0 saturated carbocycles. The van der Waals surface area contributed by atoms with Crippen molar-refractivity contribution in [3.05, 3.63) is 35.7 Å². The van der Waals surface area contributed by atoms with Crippen LogP contribution in [0.2, 0.25) is 0 Å². The molecule has 7 nitrogen and oxygen atoms in total.